The summed E-state index contributed by atoms with van der Waals surface area (Å²) >= 11 is 6.24. The van der Waals surface area contributed by atoms with Gasteiger partial charge in [0, 0.05) is 24.4 Å². The van der Waals surface area contributed by atoms with Gasteiger partial charge in [0.25, 0.3) is 0 Å². The van der Waals surface area contributed by atoms with Crippen molar-refractivity contribution in [3.63, 3.8) is 0 Å². The van der Waals surface area contributed by atoms with E-state index in [9.17, 15) is 18.5 Å². The molecule has 0 aliphatic carbocycles. The van der Waals surface area contributed by atoms with Crippen molar-refractivity contribution in [3.8, 4) is 0 Å². The molecule has 0 radical (unpaired) electrons. The summed E-state index contributed by atoms with van der Waals surface area (Å²) < 4.78 is 23.8. The highest BCUT2D eigenvalue weighted by atomic mass is 35.5. The smallest absolute Gasteiger partial charge is 0.310 e. The minimum atomic E-state index is -3.68. The average molecular weight is 438 g/mol. The Morgan fingerprint density at radius 1 is 1.17 bits per heavy atom. The first-order chi connectivity index (χ1) is 13.8. The van der Waals surface area contributed by atoms with E-state index in [-0.39, 0.29) is 16.3 Å². The molecule has 1 aliphatic heterocycles. The quantitative estimate of drug-likeness (QED) is 0.520. The number of nitro benzene ring substituents is 1. The Morgan fingerprint density at radius 3 is 2.48 bits per heavy atom. The molecule has 2 aromatic carbocycles. The van der Waals surface area contributed by atoms with Crippen molar-refractivity contribution in [2.45, 2.75) is 24.3 Å². The monoisotopic (exact) mass is 437 g/mol. The number of sulfone groups is 1. The number of anilines is 1. The first-order valence-electron chi connectivity index (χ1n) is 9.43. The fraction of sp³-hybridized carbons (Fsp3) is 0.400. The van der Waals surface area contributed by atoms with Crippen molar-refractivity contribution in [1.29, 1.82) is 0 Å². The van der Waals surface area contributed by atoms with Gasteiger partial charge in [-0.2, -0.15) is 0 Å². The molecule has 1 saturated heterocycles. The van der Waals surface area contributed by atoms with Gasteiger partial charge in [-0.1, -0.05) is 35.9 Å². The molecule has 1 N–H and O–H groups in total. The predicted octanol–water partition coefficient (Wildman–Crippen LogP) is 3.98. The van der Waals surface area contributed by atoms with Crippen LogP contribution in [0.5, 0.6) is 0 Å². The van der Waals surface area contributed by atoms with Crippen LogP contribution in [-0.2, 0) is 16.4 Å². The normalized spacial score (nSPS) is 15.9. The highest BCUT2D eigenvalue weighted by Crippen LogP contribution is 2.32. The summed E-state index contributed by atoms with van der Waals surface area (Å²) in [6.07, 6.45) is 2.89. The van der Waals surface area contributed by atoms with E-state index >= 15 is 0 Å². The molecular weight excluding hydrogens is 414 g/mol. The maximum absolute atomic E-state index is 11.9. The highest BCUT2D eigenvalue weighted by Gasteiger charge is 2.27. The molecule has 1 aliphatic rings. The first-order valence-corrected chi connectivity index (χ1v) is 11.7. The van der Waals surface area contributed by atoms with E-state index in [2.05, 4.69) is 10.2 Å². The summed E-state index contributed by atoms with van der Waals surface area (Å²) in [5.41, 5.74) is 0.974. The Labute approximate surface area is 175 Å². The Bertz CT molecular complexity index is 989. The van der Waals surface area contributed by atoms with Gasteiger partial charge in [-0.25, -0.2) is 8.42 Å². The van der Waals surface area contributed by atoms with Crippen LogP contribution in [0.2, 0.25) is 5.02 Å². The van der Waals surface area contributed by atoms with Gasteiger partial charge < -0.3 is 5.32 Å². The molecule has 0 bridgehead atoms. The molecule has 3 rings (SSSR count). The number of nitro groups is 1. The number of hydrogen-bond acceptors (Lipinski definition) is 6. The van der Waals surface area contributed by atoms with Gasteiger partial charge in [-0.3, -0.25) is 15.0 Å². The number of para-hydroxylation sites is 1. The fourth-order valence-electron chi connectivity index (χ4n) is 3.62. The minimum Gasteiger partial charge on any atom is -0.379 e. The Hall–Kier alpha value is -2.16. The predicted molar refractivity (Wildman–Crippen MR) is 114 cm³/mol. The number of rotatable bonds is 7. The highest BCUT2D eigenvalue weighted by molar-refractivity contribution is 7.90. The molecular formula is C20H24ClN3O4S. The molecule has 1 fully saturated rings. The van der Waals surface area contributed by atoms with E-state index in [1.54, 1.807) is 6.07 Å². The minimum absolute atomic E-state index is 0.247. The molecule has 0 atom stereocenters. The molecule has 0 saturated carbocycles. The number of halogens is 1. The Morgan fingerprint density at radius 2 is 1.86 bits per heavy atom. The molecule has 0 aromatic heterocycles. The summed E-state index contributed by atoms with van der Waals surface area (Å²) in [5, 5.41) is 15.3. The lowest BCUT2D eigenvalue weighted by Gasteiger charge is -2.32. The number of hydrogen-bond donors (Lipinski definition) is 1. The van der Waals surface area contributed by atoms with Crippen LogP contribution < -0.4 is 5.32 Å². The fourth-order valence-corrected chi connectivity index (χ4v) is 4.68. The lowest BCUT2D eigenvalue weighted by atomic mass is 9.96. The maximum atomic E-state index is 11.9. The third-order valence-electron chi connectivity index (χ3n) is 5.22. The molecule has 7 nitrogen and oxygen atoms in total. The zero-order valence-corrected chi connectivity index (χ0v) is 17.7. The largest absolute Gasteiger partial charge is 0.379 e. The van der Waals surface area contributed by atoms with Gasteiger partial charge in [0.2, 0.25) is 0 Å². The number of benzene rings is 2. The molecule has 29 heavy (non-hydrogen) atoms. The lowest BCUT2D eigenvalue weighted by molar-refractivity contribution is -0.386. The third kappa shape index (κ3) is 5.46. The van der Waals surface area contributed by atoms with Gasteiger partial charge in [0.1, 0.15) is 10.6 Å². The van der Waals surface area contributed by atoms with Gasteiger partial charge in [0.05, 0.1) is 4.92 Å². The van der Waals surface area contributed by atoms with Crippen LogP contribution in [0.15, 0.2) is 47.4 Å². The van der Waals surface area contributed by atoms with E-state index in [0.717, 1.165) is 49.3 Å². The van der Waals surface area contributed by atoms with Gasteiger partial charge in [0.15, 0.2) is 9.84 Å². The standard InChI is InChI=1S/C20H24ClN3O4S/c1-29(27,28)19-8-4-7-18(20(19)24(25)26)22-13-15-9-11-23(12-10-15)14-16-5-2-3-6-17(16)21/h2-8,15,22H,9-14H2,1H3. The zero-order valence-electron chi connectivity index (χ0n) is 16.2. The molecule has 0 unspecified atom stereocenters. The Balaban J connectivity index is 1.60. The van der Waals surface area contributed by atoms with Crippen LogP contribution >= 0.6 is 11.6 Å². The van der Waals surface area contributed by atoms with Crippen LogP contribution in [-0.4, -0.2) is 44.1 Å². The first kappa shape index (κ1) is 21.5. The van der Waals surface area contributed by atoms with E-state index in [1.165, 1.54) is 12.1 Å². The van der Waals surface area contributed by atoms with Crippen molar-refractivity contribution in [1.82, 2.24) is 4.90 Å². The van der Waals surface area contributed by atoms with E-state index in [1.807, 2.05) is 24.3 Å². The Kier molecular flexibility index (Phi) is 6.77. The number of piperidine rings is 1. The van der Waals surface area contributed by atoms with E-state index in [0.29, 0.717) is 12.5 Å². The summed E-state index contributed by atoms with van der Waals surface area (Å²) in [5.74, 6) is 0.360. The van der Waals surface area contributed by atoms with Crippen molar-refractivity contribution in [3.05, 3.63) is 63.2 Å². The maximum Gasteiger partial charge on any atom is 0.310 e. The number of nitrogens with zero attached hydrogens (tertiary/aromatic N) is 2. The van der Waals surface area contributed by atoms with Crippen LogP contribution in [0.25, 0.3) is 0 Å². The molecule has 2 aromatic rings. The average Bonchev–Trinajstić information content (AvgIpc) is 2.68. The molecule has 156 valence electrons. The number of likely N-dealkylation sites (tertiary alicyclic amines) is 1. The van der Waals surface area contributed by atoms with Crippen LogP contribution in [0.4, 0.5) is 11.4 Å². The van der Waals surface area contributed by atoms with Gasteiger partial charge >= 0.3 is 5.69 Å². The summed E-state index contributed by atoms with van der Waals surface area (Å²) in [6.45, 7) is 3.21. The molecule has 9 heteroatoms. The SMILES string of the molecule is CS(=O)(=O)c1cccc(NCC2CCN(Cc3ccccc3Cl)CC2)c1[N+](=O)[O-]. The lowest BCUT2D eigenvalue weighted by Crippen LogP contribution is -2.35. The number of nitrogens with one attached hydrogen (secondary N) is 1. The van der Waals surface area contributed by atoms with Crippen LogP contribution in [0, 0.1) is 16.0 Å². The summed E-state index contributed by atoms with van der Waals surface area (Å²) in [4.78, 5) is 12.9. The third-order valence-corrected chi connectivity index (χ3v) is 6.72. The second-order valence-electron chi connectivity index (χ2n) is 7.37. The zero-order chi connectivity index (χ0) is 21.0. The molecule has 1 heterocycles. The summed E-state index contributed by atoms with van der Waals surface area (Å²) in [7, 11) is -3.68. The second kappa shape index (κ2) is 9.11. The van der Waals surface area contributed by atoms with Crippen LogP contribution in [0.1, 0.15) is 18.4 Å². The van der Waals surface area contributed by atoms with Crippen molar-refractivity contribution in [2.75, 3.05) is 31.2 Å². The van der Waals surface area contributed by atoms with Crippen molar-refractivity contribution < 1.29 is 13.3 Å². The van der Waals surface area contributed by atoms with Gasteiger partial charge in [-0.05, 0) is 55.6 Å². The van der Waals surface area contributed by atoms with Crippen LogP contribution in [0.3, 0.4) is 0 Å². The van der Waals surface area contributed by atoms with Crippen molar-refractivity contribution >= 4 is 32.8 Å². The summed E-state index contributed by atoms with van der Waals surface area (Å²) in [6, 6.07) is 12.2. The van der Waals surface area contributed by atoms with Gasteiger partial charge in [-0.15, -0.1) is 0 Å². The van der Waals surface area contributed by atoms with E-state index in [4.69, 9.17) is 11.6 Å². The second-order valence-corrected chi connectivity index (χ2v) is 9.76. The molecule has 0 amide bonds. The van der Waals surface area contributed by atoms with E-state index < -0.39 is 14.8 Å². The van der Waals surface area contributed by atoms with Crippen molar-refractivity contribution in [2.24, 2.45) is 5.92 Å². The topological polar surface area (TPSA) is 92.6 Å². The molecule has 0 spiro atoms.